The number of hydrogen-bond acceptors (Lipinski definition) is 5. The predicted octanol–water partition coefficient (Wildman–Crippen LogP) is 2.90. The van der Waals surface area contributed by atoms with E-state index in [1.165, 1.54) is 0 Å². The molecule has 1 aliphatic heterocycles. The van der Waals surface area contributed by atoms with Crippen LogP contribution < -0.4 is 0 Å². The minimum absolute atomic E-state index is 0.114. The zero-order valence-electron chi connectivity index (χ0n) is 12.5. The zero-order chi connectivity index (χ0) is 16.8. The van der Waals surface area contributed by atoms with Gasteiger partial charge in [-0.25, -0.2) is 4.98 Å². The van der Waals surface area contributed by atoms with Gasteiger partial charge >= 0.3 is 0 Å². The Hall–Kier alpha value is -2.38. The van der Waals surface area contributed by atoms with Crippen LogP contribution in [0.25, 0.3) is 17.2 Å². The molecule has 0 aliphatic carbocycles. The van der Waals surface area contributed by atoms with E-state index in [1.54, 1.807) is 36.5 Å². The monoisotopic (exact) mass is 363 g/mol. The van der Waals surface area contributed by atoms with Gasteiger partial charge in [0.15, 0.2) is 0 Å². The van der Waals surface area contributed by atoms with Gasteiger partial charge < -0.3 is 9.42 Å². The molecule has 2 aromatic heterocycles. The summed E-state index contributed by atoms with van der Waals surface area (Å²) in [6.45, 7) is 0.352. The summed E-state index contributed by atoms with van der Waals surface area (Å²) >= 11 is 11.8. The second kappa shape index (κ2) is 5.61. The lowest BCUT2D eigenvalue weighted by molar-refractivity contribution is 0.0788. The highest BCUT2D eigenvalue weighted by Gasteiger charge is 2.28. The quantitative estimate of drug-likeness (QED) is 0.654. The number of aromatic nitrogens is 4. The Labute approximate surface area is 146 Å². The molecule has 3 heterocycles. The molecule has 1 aromatic carbocycles. The number of carbonyl (C=O) groups excluding carboxylic acids is 1. The number of alkyl halides is 1. The number of halogens is 2. The largest absolute Gasteiger partial charge is 0.338 e. The van der Waals surface area contributed by atoms with Gasteiger partial charge in [-0.3, -0.25) is 9.36 Å². The Morgan fingerprint density at radius 2 is 2.21 bits per heavy atom. The van der Waals surface area contributed by atoms with Crippen molar-refractivity contribution >= 4 is 29.1 Å². The molecule has 0 saturated heterocycles. The van der Waals surface area contributed by atoms with Crippen molar-refractivity contribution in [1.29, 1.82) is 0 Å². The fraction of sp³-hybridized carbons (Fsp3) is 0.200. The normalized spacial score (nSPS) is 13.6. The van der Waals surface area contributed by atoms with E-state index in [4.69, 9.17) is 27.7 Å². The Bertz CT molecular complexity index is 949. The molecule has 1 amide bonds. The number of imidazole rings is 1. The van der Waals surface area contributed by atoms with Gasteiger partial charge in [-0.15, -0.1) is 11.6 Å². The van der Waals surface area contributed by atoms with Crippen LogP contribution in [-0.4, -0.2) is 37.5 Å². The molecule has 0 spiro atoms. The maximum atomic E-state index is 12.6. The first-order chi connectivity index (χ1) is 11.6. The van der Waals surface area contributed by atoms with Gasteiger partial charge in [0.2, 0.25) is 11.7 Å². The third kappa shape index (κ3) is 2.28. The van der Waals surface area contributed by atoms with E-state index in [1.807, 2.05) is 4.57 Å². The highest BCUT2D eigenvalue weighted by atomic mass is 35.5. The van der Waals surface area contributed by atoms with Gasteiger partial charge in [0.05, 0.1) is 23.5 Å². The number of fused-ring (bicyclic) bond motifs is 3. The topological polar surface area (TPSA) is 77.1 Å². The van der Waals surface area contributed by atoms with E-state index in [0.717, 1.165) is 5.69 Å². The maximum Gasteiger partial charge on any atom is 0.256 e. The third-order valence-corrected chi connectivity index (χ3v) is 4.31. The van der Waals surface area contributed by atoms with Crippen LogP contribution in [0.4, 0.5) is 0 Å². The van der Waals surface area contributed by atoms with E-state index in [-0.39, 0.29) is 11.8 Å². The summed E-state index contributed by atoms with van der Waals surface area (Å²) in [5.41, 5.74) is 2.57. The maximum absolute atomic E-state index is 12.6. The molecule has 4 rings (SSSR count). The molecule has 0 saturated carbocycles. The Morgan fingerprint density at radius 1 is 1.38 bits per heavy atom. The van der Waals surface area contributed by atoms with Crippen LogP contribution in [-0.2, 0) is 12.4 Å². The fourth-order valence-corrected chi connectivity index (χ4v) is 3.00. The van der Waals surface area contributed by atoms with Gasteiger partial charge in [-0.1, -0.05) is 16.8 Å². The molecular formula is C15H11Cl2N5O2. The summed E-state index contributed by atoms with van der Waals surface area (Å²) in [7, 11) is 1.72. The SMILES string of the molecule is CN1Cc2c(-c3noc(CCl)n3)ncn2-c2ccc(Cl)cc2C1=O. The number of benzene rings is 1. The van der Waals surface area contributed by atoms with Crippen LogP contribution in [0.2, 0.25) is 5.02 Å². The molecule has 24 heavy (non-hydrogen) atoms. The molecule has 1 aliphatic rings. The van der Waals surface area contributed by atoms with E-state index in [9.17, 15) is 4.79 Å². The Morgan fingerprint density at radius 3 is 2.96 bits per heavy atom. The lowest BCUT2D eigenvalue weighted by Crippen LogP contribution is -2.25. The average Bonchev–Trinajstić information content (AvgIpc) is 3.18. The van der Waals surface area contributed by atoms with Crippen molar-refractivity contribution in [2.75, 3.05) is 7.05 Å². The van der Waals surface area contributed by atoms with Crippen molar-refractivity contribution in [3.8, 4) is 17.2 Å². The lowest BCUT2D eigenvalue weighted by Gasteiger charge is -2.14. The number of nitrogens with zero attached hydrogens (tertiary/aromatic N) is 5. The smallest absolute Gasteiger partial charge is 0.256 e. The van der Waals surface area contributed by atoms with Crippen molar-refractivity contribution in [3.05, 3.63) is 46.7 Å². The predicted molar refractivity (Wildman–Crippen MR) is 87.2 cm³/mol. The highest BCUT2D eigenvalue weighted by molar-refractivity contribution is 6.31. The van der Waals surface area contributed by atoms with Crippen molar-refractivity contribution in [2.45, 2.75) is 12.4 Å². The summed E-state index contributed by atoms with van der Waals surface area (Å²) in [6.07, 6.45) is 1.64. The van der Waals surface area contributed by atoms with E-state index in [0.29, 0.717) is 40.2 Å². The molecule has 0 atom stereocenters. The van der Waals surface area contributed by atoms with Crippen LogP contribution in [0.5, 0.6) is 0 Å². The van der Waals surface area contributed by atoms with Gasteiger partial charge in [0, 0.05) is 12.1 Å². The lowest BCUT2D eigenvalue weighted by atomic mass is 10.1. The first-order valence-electron chi connectivity index (χ1n) is 7.09. The second-order valence-electron chi connectivity index (χ2n) is 5.38. The van der Waals surface area contributed by atoms with Crippen molar-refractivity contribution < 1.29 is 9.32 Å². The summed E-state index contributed by atoms with van der Waals surface area (Å²) in [5.74, 6) is 0.677. The first-order valence-corrected chi connectivity index (χ1v) is 8.00. The van der Waals surface area contributed by atoms with Crippen molar-refractivity contribution in [3.63, 3.8) is 0 Å². The molecule has 0 unspecified atom stereocenters. The summed E-state index contributed by atoms with van der Waals surface area (Å²) in [4.78, 5) is 22.8. The van der Waals surface area contributed by atoms with Crippen LogP contribution in [0.15, 0.2) is 29.0 Å². The summed E-state index contributed by atoms with van der Waals surface area (Å²) in [5, 5.41) is 4.42. The average molecular weight is 364 g/mol. The van der Waals surface area contributed by atoms with E-state index >= 15 is 0 Å². The fourth-order valence-electron chi connectivity index (χ4n) is 2.72. The number of rotatable bonds is 2. The van der Waals surface area contributed by atoms with E-state index < -0.39 is 0 Å². The van der Waals surface area contributed by atoms with E-state index in [2.05, 4.69) is 15.1 Å². The molecule has 3 aromatic rings. The van der Waals surface area contributed by atoms with Crippen LogP contribution in [0.3, 0.4) is 0 Å². The van der Waals surface area contributed by atoms with Crippen LogP contribution in [0, 0.1) is 0 Å². The molecule has 9 heteroatoms. The van der Waals surface area contributed by atoms with Crippen LogP contribution in [0.1, 0.15) is 21.9 Å². The Kier molecular flexibility index (Phi) is 3.54. The summed E-state index contributed by atoms with van der Waals surface area (Å²) in [6, 6.07) is 5.19. The number of hydrogen-bond donors (Lipinski definition) is 0. The van der Waals surface area contributed by atoms with Crippen molar-refractivity contribution in [2.24, 2.45) is 0 Å². The standard InChI is InChI=1S/C15H11Cl2N5O2/c1-21-6-11-13(14-19-12(5-16)24-20-14)18-7-22(11)10-3-2-8(17)4-9(10)15(21)23/h2-4,7H,5-6H2,1H3. The zero-order valence-corrected chi connectivity index (χ0v) is 14.0. The molecular weight excluding hydrogens is 353 g/mol. The van der Waals surface area contributed by atoms with Gasteiger partial charge in [0.25, 0.3) is 5.91 Å². The first kappa shape index (κ1) is 15.2. The third-order valence-electron chi connectivity index (χ3n) is 3.84. The van der Waals surface area contributed by atoms with Crippen molar-refractivity contribution in [1.82, 2.24) is 24.6 Å². The molecule has 0 fully saturated rings. The number of carbonyl (C=O) groups is 1. The minimum Gasteiger partial charge on any atom is -0.338 e. The molecule has 7 nitrogen and oxygen atoms in total. The molecule has 122 valence electrons. The molecule has 0 radical (unpaired) electrons. The molecule has 0 bridgehead atoms. The van der Waals surface area contributed by atoms with Gasteiger partial charge in [-0.2, -0.15) is 4.98 Å². The number of amides is 1. The minimum atomic E-state index is -0.114. The highest BCUT2D eigenvalue weighted by Crippen LogP contribution is 2.30. The van der Waals surface area contributed by atoms with Gasteiger partial charge in [-0.05, 0) is 18.2 Å². The molecule has 0 N–H and O–H groups in total. The van der Waals surface area contributed by atoms with Gasteiger partial charge in [0.1, 0.15) is 17.9 Å². The van der Waals surface area contributed by atoms with Crippen LogP contribution >= 0.6 is 23.2 Å². The summed E-state index contributed by atoms with van der Waals surface area (Å²) < 4.78 is 6.90. The Balaban J connectivity index is 1.92. The second-order valence-corrected chi connectivity index (χ2v) is 6.08.